The number of aryl methyl sites for hydroxylation is 1. The summed E-state index contributed by atoms with van der Waals surface area (Å²) in [5.41, 5.74) is 2.25. The smallest absolute Gasteiger partial charge is 0.320 e. The molecule has 2 amide bonds. The van der Waals surface area contributed by atoms with Gasteiger partial charge in [0.15, 0.2) is 0 Å². The van der Waals surface area contributed by atoms with Crippen LogP contribution in [0.5, 0.6) is 0 Å². The lowest BCUT2D eigenvalue weighted by Crippen LogP contribution is -2.40. The third-order valence-electron chi connectivity index (χ3n) is 4.71. The monoisotopic (exact) mass is 355 g/mol. The molecule has 138 valence electrons. The Hall–Kier alpha value is -2.44. The molecule has 0 unspecified atom stereocenters. The number of nitrogens with zero attached hydrogens (tertiary/aromatic N) is 1. The second kappa shape index (κ2) is 8.29. The van der Waals surface area contributed by atoms with Gasteiger partial charge in [-0.1, -0.05) is 30.3 Å². The maximum atomic E-state index is 12.1. The molecule has 1 aromatic carbocycles. The second-order valence-corrected chi connectivity index (χ2v) is 6.66. The quantitative estimate of drug-likeness (QED) is 0.769. The second-order valence-electron chi connectivity index (χ2n) is 6.66. The number of aromatic nitrogens is 1. The molecule has 0 spiro atoms. The van der Waals surface area contributed by atoms with Crippen LogP contribution in [0.3, 0.4) is 0 Å². The van der Waals surface area contributed by atoms with E-state index in [2.05, 4.69) is 15.6 Å². The molecule has 6 nitrogen and oxygen atoms in total. The normalized spacial score (nSPS) is 16.1. The standard InChI is InChI=1S/C20H25N3O3/c1-15-17(16-5-3-2-4-6-16)7-8-18(22-15)23-19(24)21-12-9-20(25)10-13-26-14-11-20/h2-8,25H,9-14H2,1H3,(H2,21,22,23,24). The first-order valence-corrected chi connectivity index (χ1v) is 8.94. The number of hydrogen-bond donors (Lipinski definition) is 3. The number of carbonyl (C=O) groups is 1. The number of pyridine rings is 1. The van der Waals surface area contributed by atoms with E-state index in [1.54, 1.807) is 6.07 Å². The fraction of sp³-hybridized carbons (Fsp3) is 0.400. The van der Waals surface area contributed by atoms with Gasteiger partial charge in [0.2, 0.25) is 0 Å². The fourth-order valence-corrected chi connectivity index (χ4v) is 3.12. The Morgan fingerprint density at radius 2 is 1.92 bits per heavy atom. The van der Waals surface area contributed by atoms with Gasteiger partial charge in [0, 0.05) is 31.0 Å². The minimum Gasteiger partial charge on any atom is -0.390 e. The van der Waals surface area contributed by atoms with Gasteiger partial charge in [-0.2, -0.15) is 0 Å². The van der Waals surface area contributed by atoms with E-state index in [-0.39, 0.29) is 6.03 Å². The Kier molecular flexibility index (Phi) is 5.85. The molecule has 1 aliphatic rings. The maximum Gasteiger partial charge on any atom is 0.320 e. The summed E-state index contributed by atoms with van der Waals surface area (Å²) >= 11 is 0. The highest BCUT2D eigenvalue weighted by Gasteiger charge is 2.29. The third kappa shape index (κ3) is 4.80. The van der Waals surface area contributed by atoms with Gasteiger partial charge < -0.3 is 15.2 Å². The molecule has 0 radical (unpaired) electrons. The molecule has 1 aliphatic heterocycles. The molecule has 0 aliphatic carbocycles. The zero-order chi connectivity index (χ0) is 18.4. The van der Waals surface area contributed by atoms with Crippen molar-refractivity contribution in [2.75, 3.05) is 25.1 Å². The minimum atomic E-state index is -0.738. The molecule has 26 heavy (non-hydrogen) atoms. The topological polar surface area (TPSA) is 83.5 Å². The van der Waals surface area contributed by atoms with Crippen LogP contribution >= 0.6 is 0 Å². The fourth-order valence-electron chi connectivity index (χ4n) is 3.12. The van der Waals surface area contributed by atoms with E-state index < -0.39 is 5.60 Å². The summed E-state index contributed by atoms with van der Waals surface area (Å²) in [6, 6.07) is 13.4. The third-order valence-corrected chi connectivity index (χ3v) is 4.71. The lowest BCUT2D eigenvalue weighted by molar-refractivity contribution is -0.0669. The van der Waals surface area contributed by atoms with E-state index in [1.165, 1.54) is 0 Å². The number of aliphatic hydroxyl groups is 1. The van der Waals surface area contributed by atoms with Gasteiger partial charge in [-0.05, 0) is 43.9 Å². The van der Waals surface area contributed by atoms with Crippen molar-refractivity contribution in [1.82, 2.24) is 10.3 Å². The summed E-state index contributed by atoms with van der Waals surface area (Å²) in [7, 11) is 0. The molecule has 1 fully saturated rings. The molecule has 2 aromatic rings. The van der Waals surface area contributed by atoms with E-state index >= 15 is 0 Å². The number of urea groups is 1. The Morgan fingerprint density at radius 3 is 2.62 bits per heavy atom. The van der Waals surface area contributed by atoms with E-state index in [9.17, 15) is 9.90 Å². The first-order chi connectivity index (χ1) is 12.6. The molecule has 1 aromatic heterocycles. The summed E-state index contributed by atoms with van der Waals surface area (Å²) in [5.74, 6) is 0.504. The van der Waals surface area contributed by atoms with Gasteiger partial charge in [0.25, 0.3) is 0 Å². The van der Waals surface area contributed by atoms with E-state index in [0.29, 0.717) is 44.8 Å². The van der Waals surface area contributed by atoms with Crippen molar-refractivity contribution in [2.24, 2.45) is 0 Å². The van der Waals surface area contributed by atoms with E-state index in [1.807, 2.05) is 43.3 Å². The zero-order valence-electron chi connectivity index (χ0n) is 15.0. The number of hydrogen-bond acceptors (Lipinski definition) is 4. The summed E-state index contributed by atoms with van der Waals surface area (Å²) in [6.07, 6.45) is 1.74. The van der Waals surface area contributed by atoms with Crippen LogP contribution in [0.1, 0.15) is 25.0 Å². The van der Waals surface area contributed by atoms with E-state index in [4.69, 9.17) is 4.74 Å². The first kappa shape index (κ1) is 18.4. The van der Waals surface area contributed by atoms with Crippen molar-refractivity contribution in [2.45, 2.75) is 31.8 Å². The highest BCUT2D eigenvalue weighted by molar-refractivity contribution is 5.88. The minimum absolute atomic E-state index is 0.319. The van der Waals surface area contributed by atoms with Crippen molar-refractivity contribution in [1.29, 1.82) is 0 Å². The summed E-state index contributed by atoms with van der Waals surface area (Å²) in [5, 5.41) is 15.9. The van der Waals surface area contributed by atoms with Crippen LogP contribution in [-0.2, 0) is 4.74 Å². The number of anilines is 1. The Morgan fingerprint density at radius 1 is 1.19 bits per heavy atom. The SMILES string of the molecule is Cc1nc(NC(=O)NCCC2(O)CCOCC2)ccc1-c1ccccc1. The Balaban J connectivity index is 1.52. The van der Waals surface area contributed by atoms with Crippen molar-refractivity contribution in [3.8, 4) is 11.1 Å². The van der Waals surface area contributed by atoms with Gasteiger partial charge in [-0.3, -0.25) is 5.32 Å². The predicted molar refractivity (Wildman–Crippen MR) is 101 cm³/mol. The summed E-state index contributed by atoms with van der Waals surface area (Å²) in [6.45, 7) is 3.47. The van der Waals surface area contributed by atoms with Crippen LogP contribution in [0, 0.1) is 6.92 Å². The molecule has 0 bridgehead atoms. The number of amides is 2. The lowest BCUT2D eigenvalue weighted by atomic mass is 9.91. The number of nitrogens with one attached hydrogen (secondary N) is 2. The zero-order valence-corrected chi connectivity index (χ0v) is 15.0. The number of benzene rings is 1. The molecule has 6 heteroatoms. The van der Waals surface area contributed by atoms with E-state index in [0.717, 1.165) is 16.8 Å². The molecule has 2 heterocycles. The van der Waals surface area contributed by atoms with Gasteiger partial charge in [-0.15, -0.1) is 0 Å². The summed E-state index contributed by atoms with van der Waals surface area (Å²) < 4.78 is 5.26. The number of carbonyl (C=O) groups excluding carboxylic acids is 1. The molecule has 3 rings (SSSR count). The largest absolute Gasteiger partial charge is 0.390 e. The van der Waals surface area contributed by atoms with Gasteiger partial charge >= 0.3 is 6.03 Å². The molecule has 1 saturated heterocycles. The molecule has 0 saturated carbocycles. The Bertz CT molecular complexity index is 743. The molecular formula is C20H25N3O3. The van der Waals surface area contributed by atoms with Crippen LogP contribution in [0.25, 0.3) is 11.1 Å². The van der Waals surface area contributed by atoms with Crippen molar-refractivity contribution in [3.05, 3.63) is 48.2 Å². The molecule has 0 atom stereocenters. The predicted octanol–water partition coefficient (Wildman–Crippen LogP) is 3.11. The number of ether oxygens (including phenoxy) is 1. The van der Waals surface area contributed by atoms with Crippen LogP contribution in [0.4, 0.5) is 10.6 Å². The van der Waals surface area contributed by atoms with Crippen LogP contribution in [0.15, 0.2) is 42.5 Å². The van der Waals surface area contributed by atoms with Gasteiger partial charge in [0.05, 0.1) is 5.60 Å². The average Bonchev–Trinajstić information content (AvgIpc) is 2.63. The van der Waals surface area contributed by atoms with Crippen LogP contribution < -0.4 is 10.6 Å². The van der Waals surface area contributed by atoms with Gasteiger partial charge in [0.1, 0.15) is 5.82 Å². The highest BCUT2D eigenvalue weighted by atomic mass is 16.5. The van der Waals surface area contributed by atoms with Crippen molar-refractivity contribution < 1.29 is 14.6 Å². The van der Waals surface area contributed by atoms with Gasteiger partial charge in [-0.25, -0.2) is 9.78 Å². The van der Waals surface area contributed by atoms with Crippen LogP contribution in [0.2, 0.25) is 0 Å². The number of rotatable bonds is 5. The maximum absolute atomic E-state index is 12.1. The molecular weight excluding hydrogens is 330 g/mol. The first-order valence-electron chi connectivity index (χ1n) is 8.94. The highest BCUT2D eigenvalue weighted by Crippen LogP contribution is 2.24. The lowest BCUT2D eigenvalue weighted by Gasteiger charge is -2.32. The molecule has 3 N–H and O–H groups in total. The summed E-state index contributed by atoms with van der Waals surface area (Å²) in [4.78, 5) is 16.5. The van der Waals surface area contributed by atoms with Crippen LogP contribution in [-0.4, -0.2) is 41.5 Å². The van der Waals surface area contributed by atoms with Crippen molar-refractivity contribution in [3.63, 3.8) is 0 Å². The Labute approximate surface area is 153 Å². The average molecular weight is 355 g/mol. The van der Waals surface area contributed by atoms with Crippen molar-refractivity contribution >= 4 is 11.8 Å².